The van der Waals surface area contributed by atoms with Crippen LogP contribution in [0.2, 0.25) is 0 Å². The predicted molar refractivity (Wildman–Crippen MR) is 141 cm³/mol. The number of benzene rings is 4. The van der Waals surface area contributed by atoms with Crippen LogP contribution in [0.5, 0.6) is 0 Å². The molecule has 0 amide bonds. The van der Waals surface area contributed by atoms with Gasteiger partial charge in [0.1, 0.15) is 24.0 Å². The van der Waals surface area contributed by atoms with Gasteiger partial charge < -0.3 is 4.42 Å². The molecular weight excluding hydrogens is 453 g/mol. The first-order valence-corrected chi connectivity index (χ1v) is 12.3. The Morgan fingerprint density at radius 3 is 2.09 bits per heavy atom. The van der Waals surface area contributed by atoms with Gasteiger partial charge in [0.2, 0.25) is 5.69 Å². The van der Waals surface area contributed by atoms with Crippen LogP contribution >= 0.6 is 11.8 Å². The number of halogens is 1. The molecule has 6 aromatic rings. The van der Waals surface area contributed by atoms with Crippen molar-refractivity contribution in [1.29, 1.82) is 0 Å². The van der Waals surface area contributed by atoms with Crippen LogP contribution in [0.15, 0.2) is 117 Å². The first-order valence-electron chi connectivity index (χ1n) is 11.5. The minimum Gasteiger partial charge on any atom is -0.454 e. The van der Waals surface area contributed by atoms with Crippen LogP contribution in [0, 0.1) is 12.7 Å². The highest BCUT2D eigenvalue weighted by atomic mass is 32.2. The molecule has 0 aliphatic rings. The number of aromatic nitrogens is 1. The maximum atomic E-state index is 15.3. The number of rotatable bonds is 4. The largest absolute Gasteiger partial charge is 0.454 e. The van der Waals surface area contributed by atoms with Crippen molar-refractivity contribution in [2.24, 2.45) is 7.05 Å². The Morgan fingerprint density at radius 2 is 1.34 bits per heavy atom. The Morgan fingerprint density at radius 1 is 0.686 bits per heavy atom. The number of fused-ring (bicyclic) bond motifs is 3. The standard InChI is InChI=1S/C31H23FNOS/c1-20-11-16-24-25-17-18-26(32)29(21-12-14-23(15-13-21)35-22-8-4-3-5-9-22)31(25)34-30(24)28(20)27-10-6-7-19-33(27)2/h3-19H,1-2H3/q+1. The van der Waals surface area contributed by atoms with Crippen molar-refractivity contribution in [2.75, 3.05) is 0 Å². The van der Waals surface area contributed by atoms with Crippen molar-refractivity contribution in [2.45, 2.75) is 16.7 Å². The maximum absolute atomic E-state index is 15.3. The molecule has 0 aliphatic carbocycles. The molecule has 2 aromatic heterocycles. The van der Waals surface area contributed by atoms with E-state index < -0.39 is 0 Å². The van der Waals surface area contributed by atoms with Gasteiger partial charge >= 0.3 is 0 Å². The molecular formula is C31H23FNOS+. The summed E-state index contributed by atoms with van der Waals surface area (Å²) >= 11 is 1.69. The van der Waals surface area contributed by atoms with Crippen LogP contribution in [0.25, 0.3) is 44.3 Å². The Balaban J connectivity index is 1.52. The number of pyridine rings is 1. The minimum absolute atomic E-state index is 0.288. The number of hydrogen-bond acceptors (Lipinski definition) is 2. The van der Waals surface area contributed by atoms with Gasteiger partial charge in [-0.25, -0.2) is 8.96 Å². The molecule has 4 aromatic carbocycles. The van der Waals surface area contributed by atoms with Crippen LogP contribution in [-0.4, -0.2) is 0 Å². The van der Waals surface area contributed by atoms with E-state index in [1.54, 1.807) is 17.8 Å². The SMILES string of the molecule is Cc1ccc2c(oc3c(-c4ccc(Sc5ccccc5)cc4)c(F)ccc32)c1-c1cccc[n+]1C. The molecule has 35 heavy (non-hydrogen) atoms. The van der Waals surface area contributed by atoms with Crippen LogP contribution in [-0.2, 0) is 7.05 Å². The highest BCUT2D eigenvalue weighted by Crippen LogP contribution is 2.42. The van der Waals surface area contributed by atoms with E-state index in [2.05, 4.69) is 41.8 Å². The van der Waals surface area contributed by atoms with Gasteiger partial charge in [-0.1, -0.05) is 54.2 Å². The normalized spacial score (nSPS) is 11.4. The lowest BCUT2D eigenvalue weighted by Gasteiger charge is -2.07. The summed E-state index contributed by atoms with van der Waals surface area (Å²) in [5.74, 6) is -0.288. The van der Waals surface area contributed by atoms with Crippen molar-refractivity contribution in [3.8, 4) is 22.4 Å². The fraction of sp³-hybridized carbons (Fsp3) is 0.0645. The molecule has 6 rings (SSSR count). The van der Waals surface area contributed by atoms with Gasteiger partial charge in [0.05, 0.1) is 11.1 Å². The zero-order valence-electron chi connectivity index (χ0n) is 19.5. The molecule has 0 saturated heterocycles. The van der Waals surface area contributed by atoms with Crippen molar-refractivity contribution in [3.05, 3.63) is 115 Å². The molecule has 0 unspecified atom stereocenters. The first kappa shape index (κ1) is 21.6. The Bertz CT molecular complexity index is 1690. The summed E-state index contributed by atoms with van der Waals surface area (Å²) < 4.78 is 23.9. The molecule has 2 nitrogen and oxygen atoms in total. The van der Waals surface area contributed by atoms with Crippen LogP contribution in [0.3, 0.4) is 0 Å². The lowest BCUT2D eigenvalue weighted by molar-refractivity contribution is -0.660. The van der Waals surface area contributed by atoms with Gasteiger partial charge in [-0.15, -0.1) is 0 Å². The van der Waals surface area contributed by atoms with E-state index in [1.165, 1.54) is 4.90 Å². The van der Waals surface area contributed by atoms with Gasteiger partial charge in [-0.3, -0.25) is 0 Å². The molecule has 0 saturated carbocycles. The highest BCUT2D eigenvalue weighted by molar-refractivity contribution is 7.99. The maximum Gasteiger partial charge on any atom is 0.216 e. The van der Waals surface area contributed by atoms with E-state index in [1.807, 2.05) is 73.9 Å². The van der Waals surface area contributed by atoms with E-state index in [0.717, 1.165) is 43.6 Å². The fourth-order valence-electron chi connectivity index (χ4n) is 4.66. The first-order chi connectivity index (χ1) is 17.1. The lowest BCUT2D eigenvalue weighted by atomic mass is 9.99. The minimum atomic E-state index is -0.288. The van der Waals surface area contributed by atoms with Crippen molar-refractivity contribution in [1.82, 2.24) is 0 Å². The number of hydrogen-bond donors (Lipinski definition) is 0. The van der Waals surface area contributed by atoms with Gasteiger partial charge in [0, 0.05) is 32.7 Å². The number of furan rings is 1. The predicted octanol–water partition coefficient (Wildman–Crippen LogP) is 8.34. The smallest absolute Gasteiger partial charge is 0.216 e. The molecule has 0 spiro atoms. The Kier molecular flexibility index (Phi) is 5.39. The number of aryl methyl sites for hydroxylation is 2. The van der Waals surface area contributed by atoms with E-state index in [0.29, 0.717) is 11.1 Å². The van der Waals surface area contributed by atoms with Crippen molar-refractivity contribution < 1.29 is 13.4 Å². The highest BCUT2D eigenvalue weighted by Gasteiger charge is 2.22. The third kappa shape index (κ3) is 3.80. The summed E-state index contributed by atoms with van der Waals surface area (Å²) in [6.45, 7) is 2.08. The molecule has 0 atom stereocenters. The monoisotopic (exact) mass is 476 g/mol. The van der Waals surface area contributed by atoms with E-state index in [-0.39, 0.29) is 5.82 Å². The summed E-state index contributed by atoms with van der Waals surface area (Å²) in [5, 5.41) is 1.90. The number of nitrogens with zero attached hydrogens (tertiary/aromatic N) is 1. The molecule has 0 aliphatic heterocycles. The third-order valence-electron chi connectivity index (χ3n) is 6.40. The summed E-state index contributed by atoms with van der Waals surface area (Å²) in [6.07, 6.45) is 2.02. The Labute approximate surface area is 207 Å². The average Bonchev–Trinajstić information content (AvgIpc) is 3.24. The molecule has 4 heteroatoms. The fourth-order valence-corrected chi connectivity index (χ4v) is 5.50. The van der Waals surface area contributed by atoms with Crippen molar-refractivity contribution >= 4 is 33.7 Å². The Hall–Kier alpha value is -3.89. The quantitative estimate of drug-likeness (QED) is 0.238. The summed E-state index contributed by atoms with van der Waals surface area (Å²) in [4.78, 5) is 2.27. The molecule has 0 N–H and O–H groups in total. The van der Waals surface area contributed by atoms with Gasteiger partial charge in [-0.05, 0) is 60.5 Å². The van der Waals surface area contributed by atoms with Crippen LogP contribution in [0.4, 0.5) is 4.39 Å². The summed E-state index contributed by atoms with van der Waals surface area (Å²) in [6, 6.07) is 31.9. The van der Waals surface area contributed by atoms with Gasteiger partial charge in [0.15, 0.2) is 6.20 Å². The third-order valence-corrected chi connectivity index (χ3v) is 7.42. The molecule has 0 fully saturated rings. The van der Waals surface area contributed by atoms with E-state index >= 15 is 4.39 Å². The lowest BCUT2D eigenvalue weighted by Crippen LogP contribution is -2.30. The zero-order valence-corrected chi connectivity index (χ0v) is 20.3. The molecule has 170 valence electrons. The van der Waals surface area contributed by atoms with E-state index in [4.69, 9.17) is 4.42 Å². The zero-order chi connectivity index (χ0) is 23.9. The van der Waals surface area contributed by atoms with Gasteiger partial charge in [-0.2, -0.15) is 0 Å². The van der Waals surface area contributed by atoms with E-state index in [9.17, 15) is 0 Å². The second kappa shape index (κ2) is 8.71. The van der Waals surface area contributed by atoms with Gasteiger partial charge in [0.25, 0.3) is 0 Å². The topological polar surface area (TPSA) is 17.0 Å². The van der Waals surface area contributed by atoms with Crippen LogP contribution in [0.1, 0.15) is 5.56 Å². The molecule has 0 radical (unpaired) electrons. The molecule has 0 bridgehead atoms. The second-order valence-electron chi connectivity index (χ2n) is 8.67. The average molecular weight is 477 g/mol. The molecule has 2 heterocycles. The van der Waals surface area contributed by atoms with Crippen LogP contribution < -0.4 is 4.57 Å². The second-order valence-corrected chi connectivity index (χ2v) is 9.82. The summed E-state index contributed by atoms with van der Waals surface area (Å²) in [5.41, 5.74) is 5.85. The summed E-state index contributed by atoms with van der Waals surface area (Å²) in [7, 11) is 2.02. The van der Waals surface area contributed by atoms with Crippen molar-refractivity contribution in [3.63, 3.8) is 0 Å².